The maximum atomic E-state index is 11.6. The molecule has 2 unspecified atom stereocenters. The van der Waals surface area contributed by atoms with Crippen LogP contribution >= 0.6 is 24.0 Å². The zero-order valence-electron chi connectivity index (χ0n) is 16.9. The molecule has 2 atom stereocenters. The lowest BCUT2D eigenvalue weighted by atomic mass is 10.2. The Labute approximate surface area is 174 Å². The van der Waals surface area contributed by atoms with E-state index in [1.54, 1.807) is 7.05 Å². The van der Waals surface area contributed by atoms with Crippen LogP contribution in [0.5, 0.6) is 0 Å². The van der Waals surface area contributed by atoms with Gasteiger partial charge in [-0.1, -0.05) is 0 Å². The molecule has 3 N–H and O–H groups in total. The van der Waals surface area contributed by atoms with Crippen molar-refractivity contribution in [2.75, 3.05) is 46.4 Å². The van der Waals surface area contributed by atoms with Crippen molar-refractivity contribution in [1.29, 1.82) is 0 Å². The molecule has 0 aromatic heterocycles. The first-order valence-corrected chi connectivity index (χ1v) is 8.98. The van der Waals surface area contributed by atoms with Crippen LogP contribution in [0.4, 0.5) is 4.79 Å². The molecule has 1 aliphatic rings. The van der Waals surface area contributed by atoms with E-state index < -0.39 is 11.7 Å². The molecule has 0 saturated carbocycles. The Bertz CT molecular complexity index is 443. The second kappa shape index (κ2) is 12.6. The van der Waals surface area contributed by atoms with Crippen molar-refractivity contribution in [2.45, 2.75) is 52.3 Å². The summed E-state index contributed by atoms with van der Waals surface area (Å²) in [5.74, 6) is 0.721. The molecule has 9 heteroatoms. The molecule has 1 fully saturated rings. The molecule has 154 valence electrons. The minimum Gasteiger partial charge on any atom is -0.444 e. The fraction of sp³-hybridized carbons (Fsp3) is 0.882. The van der Waals surface area contributed by atoms with Gasteiger partial charge in [0.1, 0.15) is 5.60 Å². The summed E-state index contributed by atoms with van der Waals surface area (Å²) in [4.78, 5) is 18.2. The van der Waals surface area contributed by atoms with Crippen LogP contribution in [0.3, 0.4) is 0 Å². The van der Waals surface area contributed by atoms with Crippen LogP contribution in [0.25, 0.3) is 0 Å². The lowest BCUT2D eigenvalue weighted by molar-refractivity contribution is -0.0174. The van der Waals surface area contributed by atoms with Crippen molar-refractivity contribution in [3.8, 4) is 0 Å². The fourth-order valence-electron chi connectivity index (χ4n) is 2.64. The van der Waals surface area contributed by atoms with Crippen LogP contribution in [0.2, 0.25) is 0 Å². The monoisotopic (exact) mass is 485 g/mol. The average Bonchev–Trinajstić information content (AvgIpc) is 2.52. The van der Waals surface area contributed by atoms with Gasteiger partial charge in [0.25, 0.3) is 0 Å². The minimum atomic E-state index is -0.484. The van der Waals surface area contributed by atoms with E-state index >= 15 is 0 Å². The molecule has 0 radical (unpaired) electrons. The number of halogens is 1. The Hall–Kier alpha value is -0.810. The van der Waals surface area contributed by atoms with E-state index in [0.29, 0.717) is 25.2 Å². The van der Waals surface area contributed by atoms with E-state index in [1.165, 1.54) is 0 Å². The van der Waals surface area contributed by atoms with Crippen LogP contribution in [-0.4, -0.2) is 81.1 Å². The second-order valence-electron chi connectivity index (χ2n) is 7.32. The van der Waals surface area contributed by atoms with Gasteiger partial charge in [0.05, 0.1) is 13.2 Å². The van der Waals surface area contributed by atoms with Crippen molar-refractivity contribution in [3.63, 3.8) is 0 Å². The summed E-state index contributed by atoms with van der Waals surface area (Å²) < 4.78 is 10.7. The number of guanidine groups is 1. The van der Waals surface area contributed by atoms with Crippen molar-refractivity contribution >= 4 is 36.0 Å². The fourth-order valence-corrected chi connectivity index (χ4v) is 2.64. The predicted octanol–water partition coefficient (Wildman–Crippen LogP) is 1.40. The van der Waals surface area contributed by atoms with E-state index in [0.717, 1.165) is 32.3 Å². The average molecular weight is 485 g/mol. The molecule has 8 nitrogen and oxygen atoms in total. The van der Waals surface area contributed by atoms with E-state index in [2.05, 4.69) is 39.7 Å². The highest BCUT2D eigenvalue weighted by Crippen LogP contribution is 2.10. The Morgan fingerprint density at radius 1 is 1.31 bits per heavy atom. The van der Waals surface area contributed by atoms with Gasteiger partial charge in [0, 0.05) is 45.3 Å². The summed E-state index contributed by atoms with van der Waals surface area (Å²) in [5.41, 5.74) is -0.484. The third kappa shape index (κ3) is 10.4. The first-order valence-electron chi connectivity index (χ1n) is 8.98. The van der Waals surface area contributed by atoms with Crippen molar-refractivity contribution < 1.29 is 14.3 Å². The number of rotatable bonds is 6. The van der Waals surface area contributed by atoms with E-state index in [4.69, 9.17) is 9.47 Å². The number of nitrogens with zero attached hydrogens (tertiary/aromatic N) is 2. The van der Waals surface area contributed by atoms with Gasteiger partial charge in [-0.25, -0.2) is 4.79 Å². The topological polar surface area (TPSA) is 87.2 Å². The highest BCUT2D eigenvalue weighted by molar-refractivity contribution is 14.0. The van der Waals surface area contributed by atoms with Crippen molar-refractivity contribution in [2.24, 2.45) is 4.99 Å². The van der Waals surface area contributed by atoms with E-state index in [1.807, 2.05) is 20.8 Å². The number of morpholine rings is 1. The van der Waals surface area contributed by atoms with Gasteiger partial charge in [0.2, 0.25) is 0 Å². The highest BCUT2D eigenvalue weighted by Gasteiger charge is 2.23. The van der Waals surface area contributed by atoms with Crippen LogP contribution < -0.4 is 16.0 Å². The molecule has 0 aromatic rings. The van der Waals surface area contributed by atoms with Crippen LogP contribution in [0, 0.1) is 0 Å². The van der Waals surface area contributed by atoms with Gasteiger partial charge in [0.15, 0.2) is 5.96 Å². The lowest BCUT2D eigenvalue weighted by Crippen LogP contribution is -2.53. The molecule has 1 saturated heterocycles. The van der Waals surface area contributed by atoms with Crippen LogP contribution in [0.1, 0.15) is 34.6 Å². The molecule has 1 aliphatic heterocycles. The number of hydrogen-bond acceptors (Lipinski definition) is 5. The summed E-state index contributed by atoms with van der Waals surface area (Å²) in [6.07, 6.45) is -0.410. The van der Waals surface area contributed by atoms with E-state index in [9.17, 15) is 4.79 Å². The molecule has 0 spiro atoms. The highest BCUT2D eigenvalue weighted by atomic mass is 127. The Balaban J connectivity index is 0.00000625. The Morgan fingerprint density at radius 3 is 2.54 bits per heavy atom. The van der Waals surface area contributed by atoms with Gasteiger partial charge in [-0.3, -0.25) is 9.89 Å². The maximum absolute atomic E-state index is 11.6. The van der Waals surface area contributed by atoms with Gasteiger partial charge < -0.3 is 25.4 Å². The number of ether oxygens (including phenoxy) is 2. The first kappa shape index (κ1) is 25.2. The Morgan fingerprint density at radius 2 is 1.96 bits per heavy atom. The number of carbonyl (C=O) groups is 1. The first-order chi connectivity index (χ1) is 11.7. The third-order valence-electron chi connectivity index (χ3n) is 3.86. The predicted molar refractivity (Wildman–Crippen MR) is 115 cm³/mol. The number of carbonyl (C=O) groups excluding carboxylic acids is 1. The van der Waals surface area contributed by atoms with Gasteiger partial charge in [-0.05, 0) is 34.6 Å². The Kier molecular flexibility index (Phi) is 12.2. The van der Waals surface area contributed by atoms with Gasteiger partial charge in [-0.2, -0.15) is 0 Å². The summed E-state index contributed by atoms with van der Waals surface area (Å²) in [7, 11) is 1.73. The standard InChI is InChI=1S/C17H35N5O3.HI/c1-13(22-9-10-24-12-14(22)2)11-21-15(18-6)19-7-8-20-16(23)25-17(3,4)5;/h13-14H,7-12H2,1-6H3,(H,20,23)(H2,18,19,21);1H. The molecule has 0 aromatic carbocycles. The summed E-state index contributed by atoms with van der Waals surface area (Å²) in [5, 5.41) is 9.22. The summed E-state index contributed by atoms with van der Waals surface area (Å²) in [6, 6.07) is 0.816. The number of aliphatic imine (C=N–C) groups is 1. The normalized spacial score (nSPS) is 19.9. The molecule has 0 bridgehead atoms. The van der Waals surface area contributed by atoms with E-state index in [-0.39, 0.29) is 24.0 Å². The third-order valence-corrected chi connectivity index (χ3v) is 3.86. The van der Waals surface area contributed by atoms with Gasteiger partial charge >= 0.3 is 6.09 Å². The molecular weight excluding hydrogens is 449 g/mol. The maximum Gasteiger partial charge on any atom is 0.407 e. The minimum absolute atomic E-state index is 0. The molecule has 1 amide bonds. The zero-order valence-corrected chi connectivity index (χ0v) is 19.3. The second-order valence-corrected chi connectivity index (χ2v) is 7.32. The smallest absolute Gasteiger partial charge is 0.407 e. The molecule has 26 heavy (non-hydrogen) atoms. The number of nitrogens with one attached hydrogen (secondary N) is 3. The number of amides is 1. The summed E-state index contributed by atoms with van der Waals surface area (Å²) in [6.45, 7) is 14.3. The zero-order chi connectivity index (χ0) is 18.9. The van der Waals surface area contributed by atoms with Gasteiger partial charge in [-0.15, -0.1) is 24.0 Å². The molecule has 1 heterocycles. The molecule has 0 aliphatic carbocycles. The molecule has 1 rings (SSSR count). The summed E-state index contributed by atoms with van der Waals surface area (Å²) >= 11 is 0. The largest absolute Gasteiger partial charge is 0.444 e. The van der Waals surface area contributed by atoms with Crippen LogP contribution in [0.15, 0.2) is 4.99 Å². The van der Waals surface area contributed by atoms with Crippen LogP contribution in [-0.2, 0) is 9.47 Å². The van der Waals surface area contributed by atoms with Crippen molar-refractivity contribution in [3.05, 3.63) is 0 Å². The quantitative estimate of drug-likeness (QED) is 0.228. The number of hydrogen-bond donors (Lipinski definition) is 3. The lowest BCUT2D eigenvalue weighted by Gasteiger charge is -2.38. The number of alkyl carbamates (subject to hydrolysis) is 1. The van der Waals surface area contributed by atoms with Crippen molar-refractivity contribution in [1.82, 2.24) is 20.9 Å². The SMILES string of the molecule is CN=C(NCCNC(=O)OC(C)(C)C)NCC(C)N1CCOCC1C.I. The molecular formula is C17H36IN5O3.